The van der Waals surface area contributed by atoms with E-state index in [0.29, 0.717) is 6.42 Å². The number of amides is 2. The molecule has 228 valence electrons. The van der Waals surface area contributed by atoms with Crippen LogP contribution in [0.4, 0.5) is 0 Å². The fraction of sp³-hybridized carbons (Fsp3) is 0.769. The first-order valence-electron chi connectivity index (χ1n) is 13.1. The van der Waals surface area contributed by atoms with Crippen LogP contribution in [0.3, 0.4) is 0 Å². The van der Waals surface area contributed by atoms with E-state index in [0.717, 1.165) is 0 Å². The van der Waals surface area contributed by atoms with Gasteiger partial charge >= 0.3 is 23.9 Å². The van der Waals surface area contributed by atoms with Gasteiger partial charge in [-0.3, -0.25) is 28.8 Å². The summed E-state index contributed by atoms with van der Waals surface area (Å²) in [5.41, 5.74) is -0.642. The minimum Gasteiger partial charge on any atom is -0.463 e. The molecule has 0 bridgehead atoms. The molecule has 14 nitrogen and oxygen atoms in total. The van der Waals surface area contributed by atoms with Gasteiger partial charge in [0.05, 0.1) is 12.1 Å². The van der Waals surface area contributed by atoms with Crippen LogP contribution in [0.5, 0.6) is 0 Å². The fourth-order valence-corrected chi connectivity index (χ4v) is 3.94. The van der Waals surface area contributed by atoms with Crippen molar-refractivity contribution < 1.29 is 57.2 Å². The molecule has 0 aromatic heterocycles. The highest BCUT2D eigenvalue weighted by molar-refractivity contribution is 5.82. The molecular formula is C26H42N2O12. The van der Waals surface area contributed by atoms with Gasteiger partial charge in [-0.25, -0.2) is 0 Å². The summed E-state index contributed by atoms with van der Waals surface area (Å²) in [7, 11) is 0. The number of hydrogen-bond donors (Lipinski definition) is 2. The molecule has 0 aromatic carbocycles. The highest BCUT2D eigenvalue weighted by atomic mass is 16.6. The van der Waals surface area contributed by atoms with Gasteiger partial charge in [-0.1, -0.05) is 0 Å². The van der Waals surface area contributed by atoms with E-state index in [2.05, 4.69) is 10.6 Å². The molecule has 1 aliphatic heterocycles. The largest absolute Gasteiger partial charge is 0.463 e. The van der Waals surface area contributed by atoms with Gasteiger partial charge in [0.1, 0.15) is 24.9 Å². The number of hydrogen-bond acceptors (Lipinski definition) is 12. The van der Waals surface area contributed by atoms with E-state index >= 15 is 0 Å². The van der Waals surface area contributed by atoms with E-state index in [1.165, 1.54) is 27.7 Å². The maximum atomic E-state index is 12.0. The molecule has 0 aliphatic carbocycles. The van der Waals surface area contributed by atoms with E-state index < -0.39 is 65.8 Å². The number of esters is 4. The lowest BCUT2D eigenvalue weighted by Crippen LogP contribution is -2.66. The lowest BCUT2D eigenvalue weighted by Gasteiger charge is -2.45. The Labute approximate surface area is 234 Å². The number of ether oxygens (including phenoxy) is 6. The molecule has 1 fully saturated rings. The zero-order valence-corrected chi connectivity index (χ0v) is 24.2. The Kier molecular flexibility index (Phi) is 14.6. The Balaban J connectivity index is 2.75. The maximum Gasteiger partial charge on any atom is 0.325 e. The van der Waals surface area contributed by atoms with Crippen LogP contribution in [0, 0.1) is 0 Å². The smallest absolute Gasteiger partial charge is 0.325 e. The van der Waals surface area contributed by atoms with Crippen molar-refractivity contribution in [1.29, 1.82) is 0 Å². The number of nitrogens with one attached hydrogen (secondary N) is 2. The minimum absolute atomic E-state index is 0.125. The van der Waals surface area contributed by atoms with Crippen molar-refractivity contribution >= 4 is 35.7 Å². The second-order valence-electron chi connectivity index (χ2n) is 10.3. The first-order chi connectivity index (χ1) is 18.6. The van der Waals surface area contributed by atoms with Crippen LogP contribution in [0.1, 0.15) is 67.7 Å². The fourth-order valence-electron chi connectivity index (χ4n) is 3.94. The minimum atomic E-state index is -1.16. The highest BCUT2D eigenvalue weighted by Crippen LogP contribution is 2.29. The standard InChI is InChI=1S/C26H42N2O12/c1-15(29)28-23-19(10-12-35-11-8-9-21(33)27-13-22(34)40-26(5,6)7)39-20(14-36-16(2)30)24(37-17(3)31)25(23)38-18(4)32/h19-20,23-25H,8-14H2,1-7H3,(H,27,33)(H,28,29)/t19-,20-,23+,24+,25-/m1/s1. The van der Waals surface area contributed by atoms with E-state index in [-0.39, 0.29) is 45.1 Å². The lowest BCUT2D eigenvalue weighted by molar-refractivity contribution is -0.225. The molecule has 0 saturated carbocycles. The topological polar surface area (TPSA) is 182 Å². The predicted molar refractivity (Wildman–Crippen MR) is 138 cm³/mol. The van der Waals surface area contributed by atoms with Crippen LogP contribution in [0.2, 0.25) is 0 Å². The Morgan fingerprint density at radius 3 is 2.00 bits per heavy atom. The van der Waals surface area contributed by atoms with Crippen molar-refractivity contribution in [2.45, 2.75) is 104 Å². The Morgan fingerprint density at radius 2 is 1.45 bits per heavy atom. The van der Waals surface area contributed by atoms with Crippen LogP contribution in [-0.4, -0.2) is 98.1 Å². The summed E-state index contributed by atoms with van der Waals surface area (Å²) in [6.45, 7) is 9.87. The average molecular weight is 575 g/mol. The van der Waals surface area contributed by atoms with Crippen molar-refractivity contribution in [3.63, 3.8) is 0 Å². The van der Waals surface area contributed by atoms with E-state index in [1.54, 1.807) is 20.8 Å². The molecular weight excluding hydrogens is 532 g/mol. The number of rotatable bonds is 14. The SMILES string of the molecule is CC(=O)N[C@@H]1[C@@H](OC(C)=O)[C@@H](OC(C)=O)[C@@H](COC(C)=O)O[C@@H]1CCOCCCC(=O)NCC(=O)OC(C)(C)C. The van der Waals surface area contributed by atoms with Crippen LogP contribution in [-0.2, 0) is 57.2 Å². The Hall–Kier alpha value is -3.26. The van der Waals surface area contributed by atoms with Crippen molar-refractivity contribution in [3.8, 4) is 0 Å². The molecule has 1 heterocycles. The summed E-state index contributed by atoms with van der Waals surface area (Å²) < 4.78 is 32.7. The van der Waals surface area contributed by atoms with Gasteiger partial charge in [0.25, 0.3) is 0 Å². The van der Waals surface area contributed by atoms with Gasteiger partial charge in [0.15, 0.2) is 12.2 Å². The third kappa shape index (κ3) is 14.2. The summed E-state index contributed by atoms with van der Waals surface area (Å²) >= 11 is 0. The van der Waals surface area contributed by atoms with Gasteiger partial charge in [-0.2, -0.15) is 0 Å². The molecule has 1 aliphatic rings. The normalized spacial score (nSPS) is 22.4. The number of carbonyl (C=O) groups excluding carboxylic acids is 6. The molecule has 2 amide bonds. The molecule has 40 heavy (non-hydrogen) atoms. The molecule has 0 spiro atoms. The predicted octanol–water partition coefficient (Wildman–Crippen LogP) is 0.330. The van der Waals surface area contributed by atoms with Gasteiger partial charge in [0.2, 0.25) is 11.8 Å². The maximum absolute atomic E-state index is 12.0. The molecule has 5 atom stereocenters. The van der Waals surface area contributed by atoms with E-state index in [9.17, 15) is 28.8 Å². The lowest BCUT2D eigenvalue weighted by atomic mass is 9.90. The molecule has 2 N–H and O–H groups in total. The summed E-state index contributed by atoms with van der Waals surface area (Å²) in [4.78, 5) is 70.8. The summed E-state index contributed by atoms with van der Waals surface area (Å²) in [5.74, 6) is -3.25. The molecule has 1 rings (SSSR count). The second kappa shape index (κ2) is 16.8. The summed E-state index contributed by atoms with van der Waals surface area (Å²) in [6, 6.07) is -0.901. The Morgan fingerprint density at radius 1 is 0.825 bits per heavy atom. The molecule has 1 saturated heterocycles. The van der Waals surface area contributed by atoms with Crippen molar-refractivity contribution in [3.05, 3.63) is 0 Å². The van der Waals surface area contributed by atoms with Gasteiger partial charge < -0.3 is 39.1 Å². The summed E-state index contributed by atoms with van der Waals surface area (Å²) in [6.07, 6.45) is -3.32. The zero-order valence-electron chi connectivity index (χ0n) is 24.2. The van der Waals surface area contributed by atoms with E-state index in [4.69, 9.17) is 28.4 Å². The molecule has 0 unspecified atom stereocenters. The molecule has 14 heteroatoms. The van der Waals surface area contributed by atoms with Crippen LogP contribution in [0.15, 0.2) is 0 Å². The molecule has 0 aromatic rings. The summed E-state index contributed by atoms with van der Waals surface area (Å²) in [5, 5.41) is 5.19. The highest BCUT2D eigenvalue weighted by Gasteiger charge is 2.50. The van der Waals surface area contributed by atoms with Crippen LogP contribution in [0.25, 0.3) is 0 Å². The van der Waals surface area contributed by atoms with Crippen molar-refractivity contribution in [2.75, 3.05) is 26.4 Å². The number of carbonyl (C=O) groups is 6. The third-order valence-electron chi connectivity index (χ3n) is 5.31. The quantitative estimate of drug-likeness (QED) is 0.165. The average Bonchev–Trinajstić information content (AvgIpc) is 2.80. The van der Waals surface area contributed by atoms with Gasteiger partial charge in [0, 0.05) is 47.3 Å². The zero-order chi connectivity index (χ0) is 30.5. The van der Waals surface area contributed by atoms with Gasteiger partial charge in [-0.15, -0.1) is 0 Å². The second-order valence-corrected chi connectivity index (χ2v) is 10.3. The first-order valence-corrected chi connectivity index (χ1v) is 13.1. The van der Waals surface area contributed by atoms with Crippen LogP contribution >= 0.6 is 0 Å². The first kappa shape index (κ1) is 34.8. The van der Waals surface area contributed by atoms with Crippen molar-refractivity contribution in [2.24, 2.45) is 0 Å². The van der Waals surface area contributed by atoms with E-state index in [1.807, 2.05) is 0 Å². The third-order valence-corrected chi connectivity index (χ3v) is 5.31. The monoisotopic (exact) mass is 574 g/mol. The molecule has 0 radical (unpaired) electrons. The van der Waals surface area contributed by atoms with Gasteiger partial charge in [-0.05, 0) is 33.6 Å². The van der Waals surface area contributed by atoms with Crippen LogP contribution < -0.4 is 10.6 Å². The van der Waals surface area contributed by atoms with Crippen molar-refractivity contribution in [1.82, 2.24) is 10.6 Å². The Bertz CT molecular complexity index is 901.